The van der Waals surface area contributed by atoms with E-state index in [1.807, 2.05) is 0 Å². The molecule has 19 heavy (non-hydrogen) atoms. The molecule has 3 rings (SSSR count). The van der Waals surface area contributed by atoms with Gasteiger partial charge in [-0.25, -0.2) is 0 Å². The Kier molecular flexibility index (Phi) is 2.82. The second-order valence-corrected chi connectivity index (χ2v) is 3.74. The Morgan fingerprint density at radius 1 is 1.21 bits per heavy atom. The topological polar surface area (TPSA) is 81.2 Å². The Morgan fingerprint density at radius 2 is 2.05 bits per heavy atom. The molecule has 0 atom stereocenters. The first-order valence-corrected chi connectivity index (χ1v) is 5.55. The predicted molar refractivity (Wildman–Crippen MR) is 66.4 cm³/mol. The number of pyridine rings is 1. The molecule has 1 N–H and O–H groups in total. The summed E-state index contributed by atoms with van der Waals surface area (Å²) in [6, 6.07) is 8.44. The van der Waals surface area contributed by atoms with Gasteiger partial charge in [0, 0.05) is 24.0 Å². The monoisotopic (exact) mass is 255 g/mol. The van der Waals surface area contributed by atoms with Crippen LogP contribution in [0.1, 0.15) is 10.6 Å². The van der Waals surface area contributed by atoms with E-state index in [0.717, 1.165) is 5.56 Å². The van der Waals surface area contributed by atoms with Crippen LogP contribution in [0.4, 0.5) is 5.88 Å². The van der Waals surface area contributed by atoms with Crippen LogP contribution in [0.3, 0.4) is 0 Å². The lowest BCUT2D eigenvalue weighted by atomic mass is 10.2. The number of nitrogens with zero attached hydrogens (tertiary/aromatic N) is 2. The van der Waals surface area contributed by atoms with Gasteiger partial charge in [-0.05, 0) is 24.3 Å². The maximum atomic E-state index is 11.7. The third kappa shape index (κ3) is 2.37. The lowest BCUT2D eigenvalue weighted by Crippen LogP contribution is -2.09. The summed E-state index contributed by atoms with van der Waals surface area (Å²) >= 11 is 0. The molecule has 0 radical (unpaired) electrons. The van der Waals surface area contributed by atoms with E-state index in [1.165, 1.54) is 6.26 Å². The van der Waals surface area contributed by atoms with E-state index < -0.39 is 0 Å². The van der Waals surface area contributed by atoms with E-state index in [2.05, 4.69) is 15.5 Å². The smallest absolute Gasteiger partial charge is 0.293 e. The number of amides is 1. The van der Waals surface area contributed by atoms with Gasteiger partial charge in [-0.3, -0.25) is 15.1 Å². The van der Waals surface area contributed by atoms with E-state index >= 15 is 0 Å². The SMILES string of the molecule is O=C(Nc1cc(-c2ccncc2)no1)c1ccco1. The lowest BCUT2D eigenvalue weighted by molar-refractivity contribution is 0.0993. The molecule has 94 valence electrons. The highest BCUT2D eigenvalue weighted by atomic mass is 16.5. The molecule has 0 spiro atoms. The van der Waals surface area contributed by atoms with Gasteiger partial charge in [-0.1, -0.05) is 5.16 Å². The molecule has 0 saturated heterocycles. The Labute approximate surface area is 108 Å². The fraction of sp³-hybridized carbons (Fsp3) is 0. The normalized spacial score (nSPS) is 10.3. The maximum Gasteiger partial charge on any atom is 0.293 e. The Balaban J connectivity index is 1.77. The summed E-state index contributed by atoms with van der Waals surface area (Å²) in [5.41, 5.74) is 1.48. The van der Waals surface area contributed by atoms with Crippen molar-refractivity contribution in [1.82, 2.24) is 10.1 Å². The molecular weight excluding hydrogens is 246 g/mol. The van der Waals surface area contributed by atoms with Crippen molar-refractivity contribution in [3.63, 3.8) is 0 Å². The van der Waals surface area contributed by atoms with Crippen LogP contribution >= 0.6 is 0 Å². The van der Waals surface area contributed by atoms with Gasteiger partial charge in [-0.15, -0.1) is 0 Å². The van der Waals surface area contributed by atoms with E-state index in [4.69, 9.17) is 8.94 Å². The number of hydrogen-bond acceptors (Lipinski definition) is 5. The second kappa shape index (κ2) is 4.77. The highest BCUT2D eigenvalue weighted by Gasteiger charge is 2.12. The van der Waals surface area contributed by atoms with Crippen LogP contribution < -0.4 is 5.32 Å². The van der Waals surface area contributed by atoms with Crippen molar-refractivity contribution >= 4 is 11.8 Å². The summed E-state index contributed by atoms with van der Waals surface area (Å²) < 4.78 is 10.0. The van der Waals surface area contributed by atoms with Crippen molar-refractivity contribution in [2.75, 3.05) is 5.32 Å². The fourth-order valence-electron chi connectivity index (χ4n) is 1.57. The maximum absolute atomic E-state index is 11.7. The van der Waals surface area contributed by atoms with Crippen molar-refractivity contribution in [3.8, 4) is 11.3 Å². The van der Waals surface area contributed by atoms with Gasteiger partial charge in [0.2, 0.25) is 5.88 Å². The molecule has 6 nitrogen and oxygen atoms in total. The Bertz CT molecular complexity index is 674. The van der Waals surface area contributed by atoms with Crippen molar-refractivity contribution in [2.24, 2.45) is 0 Å². The molecule has 3 aromatic heterocycles. The van der Waals surface area contributed by atoms with Crippen LogP contribution in [-0.4, -0.2) is 16.0 Å². The minimum atomic E-state index is -0.387. The van der Waals surface area contributed by atoms with Gasteiger partial charge in [0.05, 0.1) is 6.26 Å². The number of nitrogens with one attached hydrogen (secondary N) is 1. The van der Waals surface area contributed by atoms with Crippen LogP contribution in [0.2, 0.25) is 0 Å². The van der Waals surface area contributed by atoms with Crippen molar-refractivity contribution in [1.29, 1.82) is 0 Å². The minimum absolute atomic E-state index is 0.210. The molecule has 3 heterocycles. The van der Waals surface area contributed by atoms with Crippen molar-refractivity contribution in [2.45, 2.75) is 0 Å². The highest BCUT2D eigenvalue weighted by Crippen LogP contribution is 2.21. The fourth-order valence-corrected chi connectivity index (χ4v) is 1.57. The van der Waals surface area contributed by atoms with Crippen LogP contribution in [0.15, 0.2) is 57.9 Å². The zero-order valence-electron chi connectivity index (χ0n) is 9.74. The standard InChI is InChI=1S/C13H9N3O3/c17-13(11-2-1-7-18-11)15-12-8-10(16-19-12)9-3-5-14-6-4-9/h1-8H,(H,15,17). The van der Waals surface area contributed by atoms with E-state index in [-0.39, 0.29) is 17.6 Å². The molecule has 0 aliphatic heterocycles. The third-order valence-corrected chi connectivity index (χ3v) is 2.47. The first-order valence-electron chi connectivity index (χ1n) is 5.55. The van der Waals surface area contributed by atoms with Crippen molar-refractivity contribution < 1.29 is 13.7 Å². The molecule has 0 bridgehead atoms. The third-order valence-electron chi connectivity index (χ3n) is 2.47. The number of anilines is 1. The average Bonchev–Trinajstić information content (AvgIpc) is 3.11. The van der Waals surface area contributed by atoms with Crippen LogP contribution in [0.25, 0.3) is 11.3 Å². The average molecular weight is 255 g/mol. The predicted octanol–water partition coefficient (Wildman–Crippen LogP) is 2.58. The number of carbonyl (C=O) groups excluding carboxylic acids is 1. The van der Waals surface area contributed by atoms with E-state index in [1.54, 1.807) is 42.7 Å². The molecule has 3 aromatic rings. The summed E-state index contributed by atoms with van der Waals surface area (Å²) in [6.45, 7) is 0. The van der Waals surface area contributed by atoms with Crippen LogP contribution in [-0.2, 0) is 0 Å². The number of rotatable bonds is 3. The van der Waals surface area contributed by atoms with E-state index in [0.29, 0.717) is 5.69 Å². The highest BCUT2D eigenvalue weighted by molar-refractivity contribution is 6.01. The lowest BCUT2D eigenvalue weighted by Gasteiger charge is -1.95. The summed E-state index contributed by atoms with van der Waals surface area (Å²) in [5, 5.41) is 6.43. The molecular formula is C13H9N3O3. The molecule has 0 aliphatic carbocycles. The second-order valence-electron chi connectivity index (χ2n) is 3.74. The number of aromatic nitrogens is 2. The number of carbonyl (C=O) groups is 1. The molecule has 6 heteroatoms. The number of furan rings is 1. The summed E-state index contributed by atoms with van der Waals surface area (Å²) in [6.07, 6.45) is 4.74. The summed E-state index contributed by atoms with van der Waals surface area (Å²) in [5.74, 6) is 0.0810. The van der Waals surface area contributed by atoms with Crippen molar-refractivity contribution in [3.05, 3.63) is 54.7 Å². The largest absolute Gasteiger partial charge is 0.459 e. The zero-order chi connectivity index (χ0) is 13.1. The Hall–Kier alpha value is -2.89. The quantitative estimate of drug-likeness (QED) is 0.777. The van der Waals surface area contributed by atoms with Gasteiger partial charge >= 0.3 is 0 Å². The first-order chi connectivity index (χ1) is 9.33. The first kappa shape index (κ1) is 11.2. The molecule has 0 unspecified atom stereocenters. The van der Waals surface area contributed by atoms with Gasteiger partial charge < -0.3 is 8.94 Å². The molecule has 0 saturated carbocycles. The van der Waals surface area contributed by atoms with Crippen LogP contribution in [0, 0.1) is 0 Å². The van der Waals surface area contributed by atoms with Gasteiger partial charge in [-0.2, -0.15) is 0 Å². The van der Waals surface area contributed by atoms with E-state index in [9.17, 15) is 4.79 Å². The molecule has 0 aliphatic rings. The zero-order valence-corrected chi connectivity index (χ0v) is 9.74. The summed E-state index contributed by atoms with van der Waals surface area (Å²) in [4.78, 5) is 15.6. The van der Waals surface area contributed by atoms with Gasteiger partial charge in [0.1, 0.15) is 5.69 Å². The molecule has 0 aromatic carbocycles. The number of hydrogen-bond donors (Lipinski definition) is 1. The van der Waals surface area contributed by atoms with Crippen LogP contribution in [0.5, 0.6) is 0 Å². The van der Waals surface area contributed by atoms with Gasteiger partial charge in [0.15, 0.2) is 5.76 Å². The Morgan fingerprint density at radius 3 is 2.79 bits per heavy atom. The molecule has 1 amide bonds. The minimum Gasteiger partial charge on any atom is -0.459 e. The molecule has 0 fully saturated rings. The van der Waals surface area contributed by atoms with Gasteiger partial charge in [0.25, 0.3) is 5.91 Å². The summed E-state index contributed by atoms with van der Waals surface area (Å²) in [7, 11) is 0.